The number of carboxylic acid groups (broad SMARTS) is 1. The van der Waals surface area contributed by atoms with Gasteiger partial charge in [0.2, 0.25) is 5.91 Å². The van der Waals surface area contributed by atoms with Crippen LogP contribution in [0.25, 0.3) is 0 Å². The number of carbonyl (C=O) groups is 2. The molecule has 0 saturated carbocycles. The van der Waals surface area contributed by atoms with Crippen molar-refractivity contribution in [2.45, 2.75) is 32.4 Å². The molecule has 2 unspecified atom stereocenters. The minimum atomic E-state index is -1.00. The molecule has 1 fully saturated rings. The molecule has 0 aromatic heterocycles. The van der Waals surface area contributed by atoms with Crippen LogP contribution >= 0.6 is 0 Å². The second-order valence-electron chi connectivity index (χ2n) is 5.04. The summed E-state index contributed by atoms with van der Waals surface area (Å²) in [5.74, 6) is -1.06. The lowest BCUT2D eigenvalue weighted by Gasteiger charge is -2.38. The zero-order chi connectivity index (χ0) is 14.7. The lowest BCUT2D eigenvalue weighted by atomic mass is 10.0. The molecule has 1 heterocycles. The van der Waals surface area contributed by atoms with Gasteiger partial charge in [-0.25, -0.2) is 4.79 Å². The Kier molecular flexibility index (Phi) is 4.39. The summed E-state index contributed by atoms with van der Waals surface area (Å²) in [6.45, 7) is 4.97. The predicted molar refractivity (Wildman–Crippen MR) is 73.7 cm³/mol. The van der Waals surface area contributed by atoms with Crippen LogP contribution in [0.3, 0.4) is 0 Å². The first-order valence-electron chi connectivity index (χ1n) is 6.73. The molecule has 1 amide bonds. The number of aromatic carboxylic acids is 1. The summed E-state index contributed by atoms with van der Waals surface area (Å²) in [4.78, 5) is 25.3. The van der Waals surface area contributed by atoms with Crippen molar-refractivity contribution in [3.8, 4) is 0 Å². The number of benzene rings is 1. The highest BCUT2D eigenvalue weighted by molar-refractivity contribution is 5.91. The summed E-state index contributed by atoms with van der Waals surface area (Å²) < 4.78 is 5.49. The zero-order valence-electron chi connectivity index (χ0n) is 11.7. The van der Waals surface area contributed by atoms with Crippen molar-refractivity contribution in [2.24, 2.45) is 0 Å². The zero-order valence-corrected chi connectivity index (χ0v) is 11.7. The molecule has 1 N–H and O–H groups in total. The fourth-order valence-electron chi connectivity index (χ4n) is 2.43. The molecule has 1 aromatic carbocycles. The van der Waals surface area contributed by atoms with Crippen molar-refractivity contribution < 1.29 is 19.4 Å². The number of hydrogen-bond donors (Lipinski definition) is 1. The molecule has 2 rings (SSSR count). The van der Waals surface area contributed by atoms with Gasteiger partial charge in [-0.3, -0.25) is 4.79 Å². The summed E-state index contributed by atoms with van der Waals surface area (Å²) >= 11 is 0. The van der Waals surface area contributed by atoms with Crippen molar-refractivity contribution in [3.63, 3.8) is 0 Å². The van der Waals surface area contributed by atoms with Gasteiger partial charge in [0.05, 0.1) is 30.7 Å². The van der Waals surface area contributed by atoms with Crippen LogP contribution in [-0.4, -0.2) is 47.2 Å². The van der Waals surface area contributed by atoms with E-state index >= 15 is 0 Å². The average Bonchev–Trinajstić information content (AvgIpc) is 2.42. The van der Waals surface area contributed by atoms with Gasteiger partial charge in [0.15, 0.2) is 0 Å². The Bertz CT molecular complexity index is 514. The molecule has 5 nitrogen and oxygen atoms in total. The minimum Gasteiger partial charge on any atom is -0.478 e. The van der Waals surface area contributed by atoms with Crippen molar-refractivity contribution >= 4 is 11.9 Å². The van der Waals surface area contributed by atoms with Gasteiger partial charge in [-0.1, -0.05) is 18.2 Å². The van der Waals surface area contributed by atoms with Crippen molar-refractivity contribution in [3.05, 3.63) is 35.4 Å². The number of carbonyl (C=O) groups excluding carboxylic acids is 1. The third-order valence-corrected chi connectivity index (χ3v) is 3.79. The van der Waals surface area contributed by atoms with Gasteiger partial charge in [0.25, 0.3) is 0 Å². The Morgan fingerprint density at radius 2 is 2.05 bits per heavy atom. The van der Waals surface area contributed by atoms with Crippen LogP contribution in [0, 0.1) is 0 Å². The fourth-order valence-corrected chi connectivity index (χ4v) is 2.43. The first-order chi connectivity index (χ1) is 9.50. The molecule has 0 radical (unpaired) electrons. The normalized spacial score (nSPS) is 22.6. The van der Waals surface area contributed by atoms with Gasteiger partial charge in [0, 0.05) is 6.54 Å². The number of rotatable bonds is 3. The Labute approximate surface area is 118 Å². The van der Waals surface area contributed by atoms with Crippen molar-refractivity contribution in [1.29, 1.82) is 0 Å². The van der Waals surface area contributed by atoms with E-state index in [1.807, 2.05) is 13.8 Å². The first kappa shape index (κ1) is 14.5. The molecule has 0 spiro atoms. The highest BCUT2D eigenvalue weighted by atomic mass is 16.5. The molecule has 5 heteroatoms. The number of ether oxygens (including phenoxy) is 1. The Morgan fingerprint density at radius 1 is 1.35 bits per heavy atom. The fraction of sp³-hybridized carbons (Fsp3) is 0.467. The molecular weight excluding hydrogens is 258 g/mol. The molecule has 108 valence electrons. The molecule has 1 aliphatic rings. The number of hydrogen-bond acceptors (Lipinski definition) is 3. The summed E-state index contributed by atoms with van der Waals surface area (Å²) in [6.07, 6.45) is 0.113. The summed E-state index contributed by atoms with van der Waals surface area (Å²) in [5, 5.41) is 9.14. The van der Waals surface area contributed by atoms with Gasteiger partial charge < -0.3 is 14.7 Å². The maximum Gasteiger partial charge on any atom is 0.335 e. The Morgan fingerprint density at radius 3 is 2.75 bits per heavy atom. The van der Waals surface area contributed by atoms with E-state index in [2.05, 4.69) is 0 Å². The van der Waals surface area contributed by atoms with Crippen LogP contribution in [0.4, 0.5) is 0 Å². The SMILES string of the molecule is CC1OCCN(C(=O)Cc2ccccc2C(=O)O)C1C. The van der Waals surface area contributed by atoms with E-state index in [9.17, 15) is 9.59 Å². The van der Waals surface area contributed by atoms with E-state index in [0.717, 1.165) is 0 Å². The van der Waals surface area contributed by atoms with Gasteiger partial charge in [-0.15, -0.1) is 0 Å². The molecule has 20 heavy (non-hydrogen) atoms. The van der Waals surface area contributed by atoms with E-state index in [4.69, 9.17) is 9.84 Å². The molecule has 1 aromatic rings. The molecule has 1 saturated heterocycles. The monoisotopic (exact) mass is 277 g/mol. The van der Waals surface area contributed by atoms with Crippen LogP contribution in [0.15, 0.2) is 24.3 Å². The highest BCUT2D eigenvalue weighted by Crippen LogP contribution is 2.17. The maximum atomic E-state index is 12.4. The standard InChI is InChI=1S/C15H19NO4/c1-10-11(2)20-8-7-16(10)14(17)9-12-5-3-4-6-13(12)15(18)19/h3-6,10-11H,7-9H2,1-2H3,(H,18,19). The number of morpholine rings is 1. The smallest absolute Gasteiger partial charge is 0.335 e. The second kappa shape index (κ2) is 6.05. The van der Waals surface area contributed by atoms with Crippen LogP contribution < -0.4 is 0 Å². The molecule has 2 atom stereocenters. The van der Waals surface area contributed by atoms with E-state index in [1.165, 1.54) is 6.07 Å². The Balaban J connectivity index is 2.14. The van der Waals surface area contributed by atoms with Gasteiger partial charge in [-0.05, 0) is 25.5 Å². The van der Waals surface area contributed by atoms with E-state index in [1.54, 1.807) is 23.1 Å². The quantitative estimate of drug-likeness (QED) is 0.910. The van der Waals surface area contributed by atoms with Crippen LogP contribution in [0.5, 0.6) is 0 Å². The largest absolute Gasteiger partial charge is 0.478 e. The van der Waals surface area contributed by atoms with Gasteiger partial charge in [-0.2, -0.15) is 0 Å². The molecular formula is C15H19NO4. The van der Waals surface area contributed by atoms with Crippen LogP contribution in [0.1, 0.15) is 29.8 Å². The van der Waals surface area contributed by atoms with Gasteiger partial charge >= 0.3 is 5.97 Å². The lowest BCUT2D eigenvalue weighted by Crippen LogP contribution is -2.51. The third kappa shape index (κ3) is 2.99. The summed E-state index contributed by atoms with van der Waals surface area (Å²) in [7, 11) is 0. The van der Waals surface area contributed by atoms with Crippen molar-refractivity contribution in [1.82, 2.24) is 4.90 Å². The predicted octanol–water partition coefficient (Wildman–Crippen LogP) is 1.56. The highest BCUT2D eigenvalue weighted by Gasteiger charge is 2.29. The Hall–Kier alpha value is -1.88. The molecule has 0 aliphatic carbocycles. The minimum absolute atomic E-state index is 0.00224. The first-order valence-corrected chi connectivity index (χ1v) is 6.73. The van der Waals surface area contributed by atoms with Crippen LogP contribution in [0.2, 0.25) is 0 Å². The van der Waals surface area contributed by atoms with Gasteiger partial charge in [0.1, 0.15) is 0 Å². The second-order valence-corrected chi connectivity index (χ2v) is 5.04. The number of amides is 1. The lowest BCUT2D eigenvalue weighted by molar-refractivity contribution is -0.143. The number of nitrogens with zero attached hydrogens (tertiary/aromatic N) is 1. The number of carboxylic acids is 1. The van der Waals surface area contributed by atoms with E-state index in [-0.39, 0.29) is 30.0 Å². The third-order valence-electron chi connectivity index (χ3n) is 3.79. The van der Waals surface area contributed by atoms with E-state index in [0.29, 0.717) is 18.7 Å². The average molecular weight is 277 g/mol. The topological polar surface area (TPSA) is 66.8 Å². The maximum absolute atomic E-state index is 12.4. The summed E-state index contributed by atoms with van der Waals surface area (Å²) in [6, 6.07) is 6.64. The summed E-state index contributed by atoms with van der Waals surface area (Å²) in [5.41, 5.74) is 0.742. The van der Waals surface area contributed by atoms with E-state index < -0.39 is 5.97 Å². The van der Waals surface area contributed by atoms with Crippen LogP contribution in [-0.2, 0) is 16.0 Å². The molecule has 0 bridgehead atoms. The molecule has 1 aliphatic heterocycles. The van der Waals surface area contributed by atoms with Crippen molar-refractivity contribution in [2.75, 3.05) is 13.2 Å².